The second-order valence-corrected chi connectivity index (χ2v) is 40.4. The molecule has 10 amide bonds. The summed E-state index contributed by atoms with van der Waals surface area (Å²) < 4.78 is 118. The van der Waals surface area contributed by atoms with E-state index in [0.29, 0.717) is 57.8 Å². The molecule has 12 N–H and O–H groups in total. The number of urea groups is 1. The van der Waals surface area contributed by atoms with Crippen molar-refractivity contribution in [2.24, 2.45) is 5.73 Å². The van der Waals surface area contributed by atoms with Crippen molar-refractivity contribution in [2.75, 3.05) is 98.9 Å². The molecule has 0 aliphatic rings. The molecule has 36 nitrogen and oxygen atoms in total. The third-order valence-electron chi connectivity index (χ3n) is 20.6. The van der Waals surface area contributed by atoms with Crippen molar-refractivity contribution in [1.29, 1.82) is 0 Å². The molecule has 0 bridgehead atoms. The second kappa shape index (κ2) is 88.8. The van der Waals surface area contributed by atoms with E-state index < -0.39 is 55.4 Å². The standard InChI is InChI=1S/C47H90N6O13P2.C24H47N2O6P.C23H46N3O6P/c1-9-13-15-17-19-21-23-25-43(50-39(5)54)27-29-45(52-41(7)56)37-65-67(59,61-33-11-3)63-35-31-48-47(58)49-32-36-64-68(60,62-34-12-4)66-38-46(53-42(8)57)30-28-44(51-40(6)55)26-24-22-20-18-16-14-10-2;1-6-9-10-11-12-13-14-15-23(25-21(4)27)16-17-24(26-22(5)28)20-32-33(29,30-18-7-2)31-19-8-3;1-5-7-8-9-10-11-12-13-22(25-20(3)27)14-15-23(26-21(4)28)19-32-33(29,30-17-6-2)31-18-16-24/h11-12,43-46H,3-4,9-10,13-38H2,1-2,5-8H3,(H,50,54)(H,51,55)(H,52,56)(H,53,57)(H2,48,49,58);7,23-24H,2,6,8-20H2,1,3-5H3,(H,25,27)(H,26,28);6,22-23H,2,5,7-19,24H2,1,3-4H3,(H,25,27)(H,26,28). The van der Waals surface area contributed by atoms with E-state index in [4.69, 9.17) is 60.0 Å². The molecule has 0 heterocycles. The van der Waals surface area contributed by atoms with Crippen LogP contribution in [0.3, 0.4) is 0 Å². The van der Waals surface area contributed by atoms with Crippen LogP contribution in [-0.4, -0.2) is 201 Å². The van der Waals surface area contributed by atoms with E-state index in [2.05, 4.69) is 107 Å². The van der Waals surface area contributed by atoms with Gasteiger partial charge in [-0.3, -0.25) is 92.6 Å². The summed E-state index contributed by atoms with van der Waals surface area (Å²) in [5.74, 6) is -1.47. The molecule has 0 saturated carbocycles. The number of phosphoric acid groups is 4. The largest absolute Gasteiger partial charge is 0.475 e. The van der Waals surface area contributed by atoms with Crippen LogP contribution in [0.1, 0.15) is 353 Å². The van der Waals surface area contributed by atoms with Crippen LogP contribution in [0.4, 0.5) is 4.79 Å². The van der Waals surface area contributed by atoms with Gasteiger partial charge in [0.1, 0.15) is 0 Å². The Balaban J connectivity index is -0.00000216. The van der Waals surface area contributed by atoms with E-state index in [1.54, 1.807) is 0 Å². The topological polar surface area (TPSA) is 479 Å². The predicted molar refractivity (Wildman–Crippen MR) is 532 cm³/mol. The monoisotopic (exact) mass is 1990 g/mol. The number of nitrogens with two attached hydrogens (primary N) is 1. The van der Waals surface area contributed by atoms with Crippen LogP contribution in [0.15, 0.2) is 50.6 Å². The number of amides is 10. The molecule has 0 aliphatic carbocycles. The summed E-state index contributed by atoms with van der Waals surface area (Å²) in [4.78, 5) is 107. The fourth-order valence-electron chi connectivity index (χ4n) is 14.1. The molecule has 0 aliphatic heterocycles. The zero-order valence-corrected chi connectivity index (χ0v) is 88.0. The molecule has 0 saturated heterocycles. The van der Waals surface area contributed by atoms with Gasteiger partial charge >= 0.3 is 37.3 Å². The van der Waals surface area contributed by atoms with E-state index in [1.807, 2.05) is 6.92 Å². The summed E-state index contributed by atoms with van der Waals surface area (Å²) in [6.45, 7) is 35.4. The number of carbonyl (C=O) groups excluding carboxylic acids is 9. The zero-order chi connectivity index (χ0) is 101. The highest BCUT2D eigenvalue weighted by atomic mass is 31.2. The Morgan fingerprint density at radius 3 is 0.627 bits per heavy atom. The van der Waals surface area contributed by atoms with E-state index in [0.717, 1.165) is 89.9 Å². The van der Waals surface area contributed by atoms with Gasteiger partial charge in [0, 0.05) is 99.2 Å². The number of phosphoric ester groups is 4. The summed E-state index contributed by atoms with van der Waals surface area (Å²) >= 11 is 0. The number of carbonyl (C=O) groups is 9. The van der Waals surface area contributed by atoms with Gasteiger partial charge < -0.3 is 58.9 Å². The average Bonchev–Trinajstić information content (AvgIpc) is 0.893. The van der Waals surface area contributed by atoms with Crippen LogP contribution < -0.4 is 58.9 Å². The first kappa shape index (κ1) is 133. The molecule has 0 aromatic carbocycles. The summed E-state index contributed by atoms with van der Waals surface area (Å²) in [6.07, 6.45) is 47.0. The molecule has 784 valence electrons. The fraction of sp³-hybridized carbons (Fsp3) is 0.819. The maximum atomic E-state index is 13.6. The second-order valence-electron chi connectivity index (χ2n) is 33.7. The molecule has 0 aromatic heterocycles. The van der Waals surface area contributed by atoms with Crippen LogP contribution in [-0.2, 0) is 111 Å². The number of rotatable bonds is 90. The van der Waals surface area contributed by atoms with Crippen LogP contribution in [0.25, 0.3) is 0 Å². The number of unbranched alkanes of at least 4 members (excludes halogenated alkanes) is 24. The van der Waals surface area contributed by atoms with Gasteiger partial charge in [-0.25, -0.2) is 23.1 Å². The smallest absolute Gasteiger partial charge is 0.354 e. The molecule has 134 heavy (non-hydrogen) atoms. The number of nitrogens with one attached hydrogen (secondary N) is 10. The highest BCUT2D eigenvalue weighted by Gasteiger charge is 2.34. The number of hydrogen-bond donors (Lipinski definition) is 11. The molecule has 0 radical (unpaired) electrons. The molecular formula is C94H183N11O25P4. The van der Waals surface area contributed by atoms with E-state index in [-0.39, 0.29) is 176 Å². The van der Waals surface area contributed by atoms with Crippen LogP contribution >= 0.6 is 31.3 Å². The normalized spacial score (nSPS) is 14.8. The van der Waals surface area contributed by atoms with Crippen molar-refractivity contribution < 1.29 is 116 Å². The van der Waals surface area contributed by atoms with Gasteiger partial charge in [-0.15, -0.1) is 26.3 Å². The lowest BCUT2D eigenvalue weighted by atomic mass is 9.99. The Kier molecular flexibility index (Phi) is 87.8. The summed E-state index contributed by atoms with van der Waals surface area (Å²) in [5.41, 5.74) is 5.42. The average molecular weight is 1990 g/mol. The van der Waals surface area contributed by atoms with Gasteiger partial charge in [0.2, 0.25) is 47.3 Å². The van der Waals surface area contributed by atoms with Crippen molar-refractivity contribution in [2.45, 2.75) is 402 Å². The SMILES string of the molecule is C=CCOP(=O)(OCCC)OCC(CCC(CCCCCCCCC)NC(C)=O)NC(C)=O.C=CCOP(=O)(OCCN)OCC(CCC(CCCCCCCCC)NC(C)=O)NC(C)=O.C=CCOP(=O)(OCCNC(=O)NCCOP(=O)(OCC=C)OCC(CCC(CCCCCCCCC)NC(C)=O)NC(C)=O)OCC(CCC(CCCCCCCCC)NC(C)=O)NC(C)=O. The maximum absolute atomic E-state index is 13.6. The minimum absolute atomic E-state index is 0.00426. The van der Waals surface area contributed by atoms with Crippen molar-refractivity contribution in [3.05, 3.63) is 50.6 Å². The lowest BCUT2D eigenvalue weighted by molar-refractivity contribution is -0.121. The molecule has 0 rings (SSSR count). The predicted octanol–water partition coefficient (Wildman–Crippen LogP) is 18.7. The Hall–Kier alpha value is -5.61. The van der Waals surface area contributed by atoms with Gasteiger partial charge in [0.15, 0.2) is 0 Å². The lowest BCUT2D eigenvalue weighted by Gasteiger charge is -2.24. The summed E-state index contributed by atoms with van der Waals surface area (Å²) in [6, 6.07) is -2.72. The number of hydrogen-bond acceptors (Lipinski definition) is 26. The first-order valence-electron chi connectivity index (χ1n) is 49.5. The Labute approximate surface area is 806 Å². The van der Waals surface area contributed by atoms with Gasteiger partial charge in [-0.05, 0) is 83.5 Å². The van der Waals surface area contributed by atoms with Crippen LogP contribution in [0.2, 0.25) is 0 Å². The van der Waals surface area contributed by atoms with E-state index in [1.165, 1.54) is 195 Å². The highest BCUT2D eigenvalue weighted by Crippen LogP contribution is 2.52. The van der Waals surface area contributed by atoms with Crippen molar-refractivity contribution in [1.82, 2.24) is 53.2 Å². The zero-order valence-electron chi connectivity index (χ0n) is 84.4. The first-order chi connectivity index (χ1) is 64.0. The van der Waals surface area contributed by atoms with E-state index >= 15 is 0 Å². The Bertz CT molecular complexity index is 3100. The highest BCUT2D eigenvalue weighted by molar-refractivity contribution is 7.49. The molecule has 0 spiro atoms. The van der Waals surface area contributed by atoms with Crippen LogP contribution in [0.5, 0.6) is 0 Å². The van der Waals surface area contributed by atoms with Crippen LogP contribution in [0, 0.1) is 0 Å². The van der Waals surface area contributed by atoms with Crippen molar-refractivity contribution >= 4 is 84.6 Å². The maximum Gasteiger partial charge on any atom is 0.475 e. The Morgan fingerprint density at radius 1 is 0.246 bits per heavy atom. The quantitative estimate of drug-likeness (QED) is 0.0153. The molecule has 12 atom stereocenters. The summed E-state index contributed by atoms with van der Waals surface area (Å²) in [5, 5.41) is 28.4. The minimum atomic E-state index is -4.19. The molecule has 12 unspecified atom stereocenters. The molecule has 0 fully saturated rings. The molecule has 0 aromatic rings. The minimum Gasteiger partial charge on any atom is -0.354 e. The Morgan fingerprint density at radius 2 is 0.433 bits per heavy atom. The first-order valence-corrected chi connectivity index (χ1v) is 55.3. The fourth-order valence-corrected chi connectivity index (χ4v) is 18.9. The van der Waals surface area contributed by atoms with E-state index in [9.17, 15) is 61.4 Å². The third-order valence-corrected chi connectivity index (χ3v) is 26.3. The molecule has 40 heteroatoms. The van der Waals surface area contributed by atoms with Gasteiger partial charge in [0.05, 0.1) is 103 Å². The summed E-state index contributed by atoms with van der Waals surface area (Å²) in [7, 11) is -15.9. The van der Waals surface area contributed by atoms with Crippen molar-refractivity contribution in [3.63, 3.8) is 0 Å². The van der Waals surface area contributed by atoms with Gasteiger partial charge in [-0.1, -0.05) is 239 Å². The third kappa shape index (κ3) is 85.6. The van der Waals surface area contributed by atoms with Gasteiger partial charge in [0.25, 0.3) is 0 Å². The lowest BCUT2D eigenvalue weighted by Crippen LogP contribution is -2.40. The molecular weight excluding hydrogens is 1810 g/mol. The van der Waals surface area contributed by atoms with Crippen molar-refractivity contribution in [3.8, 4) is 0 Å². The van der Waals surface area contributed by atoms with Gasteiger partial charge in [-0.2, -0.15) is 0 Å².